The monoisotopic (exact) mass is 340 g/mol. The number of para-hydroxylation sites is 1. The van der Waals surface area contributed by atoms with Gasteiger partial charge in [-0.1, -0.05) is 12.1 Å². The molecule has 4 nitrogen and oxygen atoms in total. The van der Waals surface area contributed by atoms with Crippen LogP contribution in [-0.2, 0) is 11.2 Å². The molecule has 6 heteroatoms. The Balaban J connectivity index is 2.12. The maximum absolute atomic E-state index is 10.6. The summed E-state index contributed by atoms with van der Waals surface area (Å²) in [5, 5.41) is 12.7. The lowest BCUT2D eigenvalue weighted by Crippen LogP contribution is -1.96. The Morgan fingerprint density at radius 2 is 2.21 bits per heavy atom. The van der Waals surface area contributed by atoms with Crippen LogP contribution in [0, 0.1) is 6.92 Å². The van der Waals surface area contributed by atoms with Crippen molar-refractivity contribution >= 4 is 44.1 Å². The van der Waals surface area contributed by atoms with Gasteiger partial charge in [-0.15, -0.1) is 11.3 Å². The van der Waals surface area contributed by atoms with Crippen LogP contribution in [0.4, 0.5) is 10.8 Å². The van der Waals surface area contributed by atoms with E-state index in [9.17, 15) is 4.79 Å². The minimum Gasteiger partial charge on any atom is -0.481 e. The smallest absolute Gasteiger partial charge is 0.303 e. The molecule has 1 aromatic carbocycles. The van der Waals surface area contributed by atoms with Gasteiger partial charge in [-0.3, -0.25) is 4.79 Å². The second-order valence-corrected chi connectivity index (χ2v) is 5.96. The Labute approximate surface area is 123 Å². The molecule has 2 aromatic rings. The highest BCUT2D eigenvalue weighted by Crippen LogP contribution is 2.30. The van der Waals surface area contributed by atoms with E-state index < -0.39 is 5.97 Å². The summed E-state index contributed by atoms with van der Waals surface area (Å²) in [4.78, 5) is 16.0. The molecule has 0 spiro atoms. The lowest BCUT2D eigenvalue weighted by atomic mass is 10.2. The molecule has 19 heavy (non-hydrogen) atoms. The van der Waals surface area contributed by atoms with Crippen LogP contribution in [-0.4, -0.2) is 16.1 Å². The SMILES string of the molecule is Cc1nc(Nc2ccccc2Br)sc1CCC(=O)O. The highest BCUT2D eigenvalue weighted by Gasteiger charge is 2.10. The van der Waals surface area contributed by atoms with Crippen molar-refractivity contribution in [3.63, 3.8) is 0 Å². The van der Waals surface area contributed by atoms with Crippen LogP contribution < -0.4 is 5.32 Å². The number of halogens is 1. The molecule has 1 aromatic heterocycles. The zero-order valence-corrected chi connectivity index (χ0v) is 12.7. The number of carbonyl (C=O) groups is 1. The van der Waals surface area contributed by atoms with E-state index in [4.69, 9.17) is 5.11 Å². The van der Waals surface area contributed by atoms with Gasteiger partial charge < -0.3 is 10.4 Å². The van der Waals surface area contributed by atoms with E-state index in [-0.39, 0.29) is 6.42 Å². The molecule has 0 amide bonds. The molecule has 0 atom stereocenters. The molecule has 0 aliphatic rings. The molecule has 0 fully saturated rings. The molecule has 0 aliphatic carbocycles. The average molecular weight is 341 g/mol. The summed E-state index contributed by atoms with van der Waals surface area (Å²) in [6.07, 6.45) is 0.661. The maximum atomic E-state index is 10.6. The second-order valence-electron chi connectivity index (χ2n) is 4.03. The predicted octanol–water partition coefficient (Wildman–Crippen LogP) is 3.97. The largest absolute Gasteiger partial charge is 0.481 e. The summed E-state index contributed by atoms with van der Waals surface area (Å²) in [6, 6.07) is 7.80. The lowest BCUT2D eigenvalue weighted by Gasteiger charge is -2.04. The van der Waals surface area contributed by atoms with Gasteiger partial charge in [0.15, 0.2) is 5.13 Å². The van der Waals surface area contributed by atoms with Gasteiger partial charge in [-0.05, 0) is 41.4 Å². The van der Waals surface area contributed by atoms with Crippen LogP contribution in [0.5, 0.6) is 0 Å². The first kappa shape index (κ1) is 14.0. The van der Waals surface area contributed by atoms with Gasteiger partial charge in [-0.2, -0.15) is 0 Å². The number of nitrogens with one attached hydrogen (secondary N) is 1. The van der Waals surface area contributed by atoms with E-state index in [1.807, 2.05) is 31.2 Å². The molecule has 2 rings (SSSR count). The zero-order chi connectivity index (χ0) is 13.8. The van der Waals surface area contributed by atoms with Gasteiger partial charge in [0.05, 0.1) is 17.8 Å². The Morgan fingerprint density at radius 1 is 1.47 bits per heavy atom. The number of carboxylic acids is 1. The van der Waals surface area contributed by atoms with Gasteiger partial charge in [0, 0.05) is 9.35 Å². The van der Waals surface area contributed by atoms with Gasteiger partial charge in [0.25, 0.3) is 0 Å². The summed E-state index contributed by atoms with van der Waals surface area (Å²) in [6.45, 7) is 1.90. The van der Waals surface area contributed by atoms with E-state index in [1.54, 1.807) is 0 Å². The first-order valence-corrected chi connectivity index (χ1v) is 7.37. The van der Waals surface area contributed by atoms with Gasteiger partial charge >= 0.3 is 5.97 Å². The number of aryl methyl sites for hydroxylation is 2. The van der Waals surface area contributed by atoms with Crippen molar-refractivity contribution in [3.05, 3.63) is 39.3 Å². The zero-order valence-electron chi connectivity index (χ0n) is 10.3. The molecule has 2 N–H and O–H groups in total. The van der Waals surface area contributed by atoms with Crippen LogP contribution in [0.25, 0.3) is 0 Å². The van der Waals surface area contributed by atoms with Crippen LogP contribution in [0.2, 0.25) is 0 Å². The van der Waals surface area contributed by atoms with Gasteiger partial charge in [0.1, 0.15) is 0 Å². The number of rotatable bonds is 5. The standard InChI is InChI=1S/C13H13BrN2O2S/c1-8-11(6-7-12(17)18)19-13(15-8)16-10-5-3-2-4-9(10)14/h2-5H,6-7H2,1H3,(H,15,16)(H,17,18). The minimum absolute atomic E-state index is 0.136. The first-order chi connectivity index (χ1) is 9.06. The highest BCUT2D eigenvalue weighted by molar-refractivity contribution is 9.10. The first-order valence-electron chi connectivity index (χ1n) is 5.76. The Bertz CT molecular complexity index is 598. The maximum Gasteiger partial charge on any atom is 0.303 e. The third-order valence-electron chi connectivity index (χ3n) is 2.57. The Morgan fingerprint density at radius 3 is 2.89 bits per heavy atom. The second kappa shape index (κ2) is 6.16. The van der Waals surface area contributed by atoms with Crippen LogP contribution in [0.3, 0.4) is 0 Å². The molecule has 1 heterocycles. The number of carboxylic acid groups (broad SMARTS) is 1. The average Bonchev–Trinajstić information content (AvgIpc) is 2.70. The Kier molecular flexibility index (Phi) is 4.55. The number of benzene rings is 1. The van der Waals surface area contributed by atoms with E-state index in [2.05, 4.69) is 26.2 Å². The van der Waals surface area contributed by atoms with Gasteiger partial charge in [-0.25, -0.2) is 4.98 Å². The normalized spacial score (nSPS) is 10.4. The summed E-state index contributed by atoms with van der Waals surface area (Å²) in [5.74, 6) is -0.784. The lowest BCUT2D eigenvalue weighted by molar-refractivity contribution is -0.136. The van der Waals surface area contributed by atoms with Crippen LogP contribution in [0.1, 0.15) is 17.0 Å². The number of anilines is 2. The van der Waals surface area contributed by atoms with Crippen molar-refractivity contribution in [2.45, 2.75) is 19.8 Å². The van der Waals surface area contributed by atoms with Crippen LogP contribution >= 0.6 is 27.3 Å². The molecule has 100 valence electrons. The number of aliphatic carboxylic acids is 1. The van der Waals surface area contributed by atoms with E-state index in [1.165, 1.54) is 11.3 Å². The third-order valence-corrected chi connectivity index (χ3v) is 4.40. The fourth-order valence-corrected chi connectivity index (χ4v) is 2.97. The predicted molar refractivity (Wildman–Crippen MR) is 80.2 cm³/mol. The molecule has 0 unspecified atom stereocenters. The van der Waals surface area contributed by atoms with Crippen molar-refractivity contribution in [2.24, 2.45) is 0 Å². The summed E-state index contributed by atoms with van der Waals surface area (Å²) in [7, 11) is 0. The summed E-state index contributed by atoms with van der Waals surface area (Å²) >= 11 is 4.96. The molecular weight excluding hydrogens is 328 g/mol. The fraction of sp³-hybridized carbons (Fsp3) is 0.231. The topological polar surface area (TPSA) is 62.2 Å². The van der Waals surface area contributed by atoms with Crippen molar-refractivity contribution in [2.75, 3.05) is 5.32 Å². The molecule has 0 bridgehead atoms. The number of aromatic nitrogens is 1. The Hall–Kier alpha value is -1.40. The quantitative estimate of drug-likeness (QED) is 0.864. The third kappa shape index (κ3) is 3.78. The number of hydrogen-bond donors (Lipinski definition) is 2. The highest BCUT2D eigenvalue weighted by atomic mass is 79.9. The van der Waals surface area contributed by atoms with Crippen molar-refractivity contribution < 1.29 is 9.90 Å². The molecule has 0 aliphatic heterocycles. The van der Waals surface area contributed by atoms with Gasteiger partial charge in [0.2, 0.25) is 0 Å². The van der Waals surface area contributed by atoms with Crippen molar-refractivity contribution in [1.82, 2.24) is 4.98 Å². The summed E-state index contributed by atoms with van der Waals surface area (Å²) < 4.78 is 0.968. The molecule has 0 radical (unpaired) electrons. The molecule has 0 saturated heterocycles. The van der Waals surface area contributed by atoms with Crippen LogP contribution in [0.15, 0.2) is 28.7 Å². The van der Waals surface area contributed by atoms with E-state index in [0.717, 1.165) is 25.9 Å². The molecular formula is C13H13BrN2O2S. The number of hydrogen-bond acceptors (Lipinski definition) is 4. The number of nitrogens with zero attached hydrogens (tertiary/aromatic N) is 1. The fourth-order valence-electron chi connectivity index (χ4n) is 1.61. The molecule has 0 saturated carbocycles. The summed E-state index contributed by atoms with van der Waals surface area (Å²) in [5.41, 5.74) is 1.84. The van der Waals surface area contributed by atoms with E-state index >= 15 is 0 Å². The van der Waals surface area contributed by atoms with E-state index in [0.29, 0.717) is 6.42 Å². The van der Waals surface area contributed by atoms with Crippen molar-refractivity contribution in [3.8, 4) is 0 Å². The minimum atomic E-state index is -0.784. The van der Waals surface area contributed by atoms with Crippen molar-refractivity contribution in [1.29, 1.82) is 0 Å². The number of thiazole rings is 1.